The van der Waals surface area contributed by atoms with Crippen molar-refractivity contribution in [1.82, 2.24) is 4.98 Å². The molecule has 1 amide bonds. The molecule has 0 fully saturated rings. The maximum atomic E-state index is 13.1. The van der Waals surface area contributed by atoms with E-state index in [-0.39, 0.29) is 31.9 Å². The monoisotopic (exact) mass is 494 g/mol. The minimum absolute atomic E-state index is 0.0160. The third-order valence-electron chi connectivity index (χ3n) is 4.56. The zero-order valence-corrected chi connectivity index (χ0v) is 20.2. The summed E-state index contributed by atoms with van der Waals surface area (Å²) < 4.78 is 11.5. The van der Waals surface area contributed by atoms with Crippen molar-refractivity contribution in [3.05, 3.63) is 51.5 Å². The first-order valence-electron chi connectivity index (χ1n) is 10.3. The smallest absolute Gasteiger partial charge is 0.306 e. The Morgan fingerprint density at radius 3 is 2.50 bits per heavy atom. The Balaban J connectivity index is 1.85. The first kappa shape index (κ1) is 24.3. The van der Waals surface area contributed by atoms with E-state index in [2.05, 4.69) is 4.98 Å². The number of ether oxygens (including phenoxy) is 2. The Labute approximate surface area is 201 Å². The summed E-state index contributed by atoms with van der Waals surface area (Å²) in [4.78, 5) is 31.0. The van der Waals surface area contributed by atoms with Gasteiger partial charge in [0.25, 0.3) is 0 Å². The van der Waals surface area contributed by atoms with Gasteiger partial charge in [-0.1, -0.05) is 30.1 Å². The van der Waals surface area contributed by atoms with Crippen molar-refractivity contribution in [1.29, 1.82) is 0 Å². The van der Waals surface area contributed by atoms with Crippen LogP contribution in [0.2, 0.25) is 10.0 Å². The van der Waals surface area contributed by atoms with Gasteiger partial charge < -0.3 is 14.4 Å². The second kappa shape index (κ2) is 11.5. The number of hydrogen-bond donors (Lipinski definition) is 0. The van der Waals surface area contributed by atoms with E-state index >= 15 is 0 Å². The fraction of sp³-hybridized carbons (Fsp3) is 0.348. The highest BCUT2D eigenvalue weighted by atomic mass is 35.5. The molecule has 9 heteroatoms. The quantitative estimate of drug-likeness (QED) is 0.310. The number of nitrogens with zero attached hydrogens (tertiary/aromatic N) is 2. The van der Waals surface area contributed by atoms with Gasteiger partial charge >= 0.3 is 5.97 Å². The normalized spacial score (nSPS) is 10.9. The van der Waals surface area contributed by atoms with E-state index in [4.69, 9.17) is 32.7 Å². The van der Waals surface area contributed by atoms with Crippen LogP contribution in [0.4, 0.5) is 5.69 Å². The van der Waals surface area contributed by atoms with Gasteiger partial charge in [-0.25, -0.2) is 4.98 Å². The van der Waals surface area contributed by atoms with Crippen molar-refractivity contribution < 1.29 is 19.1 Å². The number of halogens is 2. The summed E-state index contributed by atoms with van der Waals surface area (Å²) in [5, 5.41) is 1.53. The van der Waals surface area contributed by atoms with Crippen molar-refractivity contribution in [2.75, 3.05) is 18.1 Å². The van der Waals surface area contributed by atoms with Gasteiger partial charge in [-0.15, -0.1) is 11.3 Å². The van der Waals surface area contributed by atoms with E-state index < -0.39 is 5.97 Å². The highest BCUT2D eigenvalue weighted by Gasteiger charge is 2.20. The Bertz CT molecular complexity index is 1090. The standard InChI is InChI=1S/C23H24Cl2N2O4S/c1-3-13-31-16-7-5-15(6-8-16)27(20(28)11-12-21(29)30-4-2)14-19-26-23-18(32-19)10-9-17(24)22(23)25/h5-10H,3-4,11-14H2,1-2H3. The average Bonchev–Trinajstić information content (AvgIpc) is 3.21. The van der Waals surface area contributed by atoms with Crippen LogP contribution in [-0.2, 0) is 20.9 Å². The Morgan fingerprint density at radius 1 is 1.06 bits per heavy atom. The molecule has 1 heterocycles. The molecule has 0 saturated carbocycles. The fourth-order valence-corrected chi connectivity index (χ4v) is 4.41. The summed E-state index contributed by atoms with van der Waals surface area (Å²) in [5.74, 6) is 0.130. The second-order valence-electron chi connectivity index (χ2n) is 6.94. The molecule has 0 saturated heterocycles. The lowest BCUT2D eigenvalue weighted by Crippen LogP contribution is -2.30. The van der Waals surface area contributed by atoms with Gasteiger partial charge in [0.1, 0.15) is 16.3 Å². The van der Waals surface area contributed by atoms with E-state index in [9.17, 15) is 9.59 Å². The lowest BCUT2D eigenvalue weighted by molar-refractivity contribution is -0.144. The third kappa shape index (κ3) is 6.12. The van der Waals surface area contributed by atoms with Crippen LogP contribution in [0.1, 0.15) is 38.1 Å². The predicted octanol–water partition coefficient (Wildman–Crippen LogP) is 6.27. The molecule has 0 N–H and O–H groups in total. The number of aromatic nitrogens is 1. The molecule has 0 aliphatic carbocycles. The summed E-state index contributed by atoms with van der Waals surface area (Å²) in [5.41, 5.74) is 1.30. The minimum atomic E-state index is -0.398. The molecule has 3 rings (SSSR count). The number of anilines is 1. The van der Waals surface area contributed by atoms with E-state index in [0.717, 1.165) is 16.9 Å². The van der Waals surface area contributed by atoms with Crippen LogP contribution in [-0.4, -0.2) is 30.1 Å². The molecule has 32 heavy (non-hydrogen) atoms. The topological polar surface area (TPSA) is 68.7 Å². The fourth-order valence-electron chi connectivity index (χ4n) is 3.03. The second-order valence-corrected chi connectivity index (χ2v) is 8.84. The van der Waals surface area contributed by atoms with Crippen LogP contribution in [0.25, 0.3) is 10.2 Å². The van der Waals surface area contributed by atoms with Gasteiger partial charge in [-0.2, -0.15) is 0 Å². The molecular formula is C23H24Cl2N2O4S. The Morgan fingerprint density at radius 2 is 1.81 bits per heavy atom. The van der Waals surface area contributed by atoms with E-state index in [1.54, 1.807) is 17.9 Å². The molecule has 0 atom stereocenters. The minimum Gasteiger partial charge on any atom is -0.494 e. The molecule has 0 radical (unpaired) electrons. The maximum absolute atomic E-state index is 13.1. The van der Waals surface area contributed by atoms with Crippen LogP contribution in [0.3, 0.4) is 0 Å². The Kier molecular flexibility index (Phi) is 8.73. The number of thiazole rings is 1. The summed E-state index contributed by atoms with van der Waals surface area (Å²) in [6.45, 7) is 4.92. The Hall–Kier alpha value is -2.35. The van der Waals surface area contributed by atoms with Crippen LogP contribution >= 0.6 is 34.5 Å². The van der Waals surface area contributed by atoms with Crippen molar-refractivity contribution in [3.8, 4) is 5.75 Å². The summed E-state index contributed by atoms with van der Waals surface area (Å²) in [7, 11) is 0. The maximum Gasteiger partial charge on any atom is 0.306 e. The molecule has 0 bridgehead atoms. The highest BCUT2D eigenvalue weighted by molar-refractivity contribution is 7.18. The summed E-state index contributed by atoms with van der Waals surface area (Å²) in [6.07, 6.45) is 0.955. The number of carbonyl (C=O) groups excluding carboxylic acids is 2. The number of rotatable bonds is 10. The number of esters is 1. The predicted molar refractivity (Wildman–Crippen MR) is 129 cm³/mol. The molecule has 0 spiro atoms. The highest BCUT2D eigenvalue weighted by Crippen LogP contribution is 2.34. The van der Waals surface area contributed by atoms with Crippen LogP contribution in [0.5, 0.6) is 5.75 Å². The van der Waals surface area contributed by atoms with E-state index in [0.29, 0.717) is 32.9 Å². The van der Waals surface area contributed by atoms with Crippen LogP contribution in [0.15, 0.2) is 36.4 Å². The van der Waals surface area contributed by atoms with Crippen molar-refractivity contribution in [2.24, 2.45) is 0 Å². The molecule has 0 aliphatic heterocycles. The molecule has 2 aromatic carbocycles. The van der Waals surface area contributed by atoms with E-state index in [1.165, 1.54) is 11.3 Å². The van der Waals surface area contributed by atoms with Crippen molar-refractivity contribution in [3.63, 3.8) is 0 Å². The zero-order valence-electron chi connectivity index (χ0n) is 17.9. The molecular weight excluding hydrogens is 471 g/mol. The van der Waals surface area contributed by atoms with Crippen LogP contribution < -0.4 is 9.64 Å². The van der Waals surface area contributed by atoms with Gasteiger partial charge in [0.2, 0.25) is 5.91 Å². The lowest BCUT2D eigenvalue weighted by Gasteiger charge is -2.22. The van der Waals surface area contributed by atoms with Crippen molar-refractivity contribution >= 4 is 62.3 Å². The number of fused-ring (bicyclic) bond motifs is 1. The van der Waals surface area contributed by atoms with Gasteiger partial charge in [0, 0.05) is 12.1 Å². The summed E-state index contributed by atoms with van der Waals surface area (Å²) in [6, 6.07) is 10.9. The van der Waals surface area contributed by atoms with Crippen molar-refractivity contribution in [2.45, 2.75) is 39.7 Å². The largest absolute Gasteiger partial charge is 0.494 e. The van der Waals surface area contributed by atoms with Crippen LogP contribution in [0, 0.1) is 0 Å². The lowest BCUT2D eigenvalue weighted by atomic mass is 10.2. The zero-order chi connectivity index (χ0) is 23.1. The summed E-state index contributed by atoms with van der Waals surface area (Å²) >= 11 is 13.8. The molecule has 0 unspecified atom stereocenters. The van der Waals surface area contributed by atoms with Gasteiger partial charge in [-0.3, -0.25) is 9.59 Å². The molecule has 3 aromatic rings. The number of hydrogen-bond acceptors (Lipinski definition) is 6. The average molecular weight is 495 g/mol. The molecule has 6 nitrogen and oxygen atoms in total. The molecule has 1 aromatic heterocycles. The van der Waals surface area contributed by atoms with Gasteiger partial charge in [-0.05, 0) is 49.7 Å². The van der Waals surface area contributed by atoms with Gasteiger partial charge in [0.05, 0.1) is 40.9 Å². The number of carbonyl (C=O) groups is 2. The van der Waals surface area contributed by atoms with E-state index in [1.807, 2.05) is 37.3 Å². The molecule has 170 valence electrons. The number of benzene rings is 2. The number of amides is 1. The SMILES string of the molecule is CCCOc1ccc(N(Cc2nc3c(Cl)c(Cl)ccc3s2)C(=O)CCC(=O)OCC)cc1. The third-order valence-corrected chi connectivity index (χ3v) is 6.36. The molecule has 0 aliphatic rings. The van der Waals surface area contributed by atoms with Gasteiger partial charge in [0.15, 0.2) is 0 Å². The first-order valence-corrected chi connectivity index (χ1v) is 11.9. The first-order chi connectivity index (χ1) is 15.4.